The molecule has 8 heteroatoms. The molecule has 4 heterocycles. The smallest absolute Gasteiger partial charge is 0.231 e. The molecule has 0 aromatic carbocycles. The Labute approximate surface area is 108 Å². The van der Waals surface area contributed by atoms with Crippen LogP contribution in [0.25, 0.3) is 0 Å². The van der Waals surface area contributed by atoms with Gasteiger partial charge in [-0.1, -0.05) is 0 Å². The zero-order valence-electron chi connectivity index (χ0n) is 10.0. The number of rotatable bonds is 3. The number of nitrogens with one attached hydrogen (secondary N) is 1. The Morgan fingerprint density at radius 1 is 1.05 bits per heavy atom. The molecule has 0 saturated carbocycles. The molecule has 1 saturated heterocycles. The Hall–Kier alpha value is -2.48. The minimum absolute atomic E-state index is 0.136. The summed E-state index contributed by atoms with van der Waals surface area (Å²) in [4.78, 5) is 8.16. The fraction of sp³-hybridized carbons (Fsp3) is 0.273. The fourth-order valence-corrected chi connectivity index (χ4v) is 2.57. The third-order valence-corrected chi connectivity index (χ3v) is 3.53. The number of hydrogen-bond donors (Lipinski definition) is 1. The van der Waals surface area contributed by atoms with Crippen LogP contribution in [0.3, 0.4) is 0 Å². The summed E-state index contributed by atoms with van der Waals surface area (Å²) in [5, 5.41) is 12.0. The van der Waals surface area contributed by atoms with Crippen LogP contribution < -0.4 is 5.32 Å². The van der Waals surface area contributed by atoms with E-state index in [-0.39, 0.29) is 6.04 Å². The van der Waals surface area contributed by atoms with E-state index in [4.69, 9.17) is 0 Å². The lowest BCUT2D eigenvalue weighted by atomic mass is 10.0. The lowest BCUT2D eigenvalue weighted by Gasteiger charge is -2.49. The highest BCUT2D eigenvalue weighted by Gasteiger charge is 2.52. The first-order chi connectivity index (χ1) is 9.41. The molecule has 19 heavy (non-hydrogen) atoms. The number of nitrogens with zero attached hydrogens (tertiary/aromatic N) is 7. The maximum absolute atomic E-state index is 4.36. The third-order valence-electron chi connectivity index (χ3n) is 3.53. The van der Waals surface area contributed by atoms with Gasteiger partial charge in [0.15, 0.2) is 0 Å². The predicted octanol–water partition coefficient (Wildman–Crippen LogP) is -0.326. The van der Waals surface area contributed by atoms with Crippen LogP contribution in [0.5, 0.6) is 0 Å². The first-order valence-corrected chi connectivity index (χ1v) is 5.99. The zero-order valence-corrected chi connectivity index (χ0v) is 10.0. The average molecular weight is 256 g/mol. The third kappa shape index (κ3) is 1.31. The van der Waals surface area contributed by atoms with E-state index in [1.165, 1.54) is 6.33 Å². The van der Waals surface area contributed by atoms with E-state index in [9.17, 15) is 0 Å². The minimum atomic E-state index is -0.569. The number of hydrogen-bond acceptors (Lipinski definition) is 5. The minimum Gasteiger partial charge on any atom is -0.327 e. The van der Waals surface area contributed by atoms with Gasteiger partial charge in [-0.2, -0.15) is 10.2 Å². The first-order valence-electron chi connectivity index (χ1n) is 5.99. The molecule has 4 rings (SSSR count). The van der Waals surface area contributed by atoms with Crippen molar-refractivity contribution >= 4 is 0 Å². The molecule has 1 N–H and O–H groups in total. The Kier molecular flexibility index (Phi) is 2.06. The molecule has 2 unspecified atom stereocenters. The highest BCUT2D eigenvalue weighted by molar-refractivity contribution is 5.05. The van der Waals surface area contributed by atoms with Crippen LogP contribution >= 0.6 is 0 Å². The summed E-state index contributed by atoms with van der Waals surface area (Å²) >= 11 is 0. The van der Waals surface area contributed by atoms with Crippen molar-refractivity contribution < 1.29 is 0 Å². The van der Waals surface area contributed by atoms with Gasteiger partial charge in [0.25, 0.3) is 0 Å². The van der Waals surface area contributed by atoms with Crippen molar-refractivity contribution in [3.8, 4) is 0 Å². The molecular formula is C11H12N8. The SMILES string of the molecule is c1cnn(C2(n3cncn3)NCC2n2ccnc2)c1. The van der Waals surface area contributed by atoms with Gasteiger partial charge in [0, 0.05) is 31.3 Å². The summed E-state index contributed by atoms with van der Waals surface area (Å²) in [6.07, 6.45) is 12.4. The van der Waals surface area contributed by atoms with E-state index in [0.717, 1.165) is 6.54 Å². The predicted molar refractivity (Wildman–Crippen MR) is 64.9 cm³/mol. The molecule has 1 aliphatic rings. The molecule has 0 amide bonds. The Balaban J connectivity index is 1.86. The summed E-state index contributed by atoms with van der Waals surface area (Å²) in [7, 11) is 0. The van der Waals surface area contributed by atoms with Crippen molar-refractivity contribution in [3.63, 3.8) is 0 Å². The highest BCUT2D eigenvalue weighted by Crippen LogP contribution is 2.35. The van der Waals surface area contributed by atoms with Gasteiger partial charge >= 0.3 is 0 Å². The highest BCUT2D eigenvalue weighted by atomic mass is 15.6. The maximum Gasteiger partial charge on any atom is 0.231 e. The summed E-state index contributed by atoms with van der Waals surface area (Å²) in [6.45, 7) is 0.816. The van der Waals surface area contributed by atoms with E-state index in [1.54, 1.807) is 29.7 Å². The molecule has 2 atom stereocenters. The van der Waals surface area contributed by atoms with Gasteiger partial charge in [-0.05, 0) is 6.07 Å². The molecule has 0 spiro atoms. The van der Waals surface area contributed by atoms with E-state index in [2.05, 4.69) is 30.0 Å². The van der Waals surface area contributed by atoms with Gasteiger partial charge < -0.3 is 4.57 Å². The monoisotopic (exact) mass is 256 g/mol. The van der Waals surface area contributed by atoms with Crippen LogP contribution in [0.1, 0.15) is 6.04 Å². The van der Waals surface area contributed by atoms with Gasteiger partial charge in [0.2, 0.25) is 5.79 Å². The van der Waals surface area contributed by atoms with Crippen molar-refractivity contribution in [2.75, 3.05) is 6.54 Å². The van der Waals surface area contributed by atoms with Crippen LogP contribution in [-0.4, -0.2) is 40.6 Å². The zero-order chi connectivity index (χ0) is 12.7. The first kappa shape index (κ1) is 10.4. The molecule has 3 aromatic rings. The van der Waals surface area contributed by atoms with Gasteiger partial charge in [0.05, 0.1) is 6.33 Å². The fourth-order valence-electron chi connectivity index (χ4n) is 2.57. The quantitative estimate of drug-likeness (QED) is 0.694. The molecule has 0 bridgehead atoms. The standard InChI is InChI=1S/C11H12N8/c1-2-15-18(4-1)11(19-9-13-7-16-19)10(6-14-11)17-5-3-12-8-17/h1-5,7-10,14H,6H2. The second kappa shape index (κ2) is 3.75. The Bertz CT molecular complexity index is 605. The number of aromatic nitrogens is 7. The van der Waals surface area contributed by atoms with Crippen LogP contribution in [0.4, 0.5) is 0 Å². The maximum atomic E-state index is 4.36. The summed E-state index contributed by atoms with van der Waals surface area (Å²) in [6, 6.07) is 2.03. The molecule has 8 nitrogen and oxygen atoms in total. The number of imidazole rings is 1. The lowest BCUT2D eigenvalue weighted by molar-refractivity contribution is -0.0247. The summed E-state index contributed by atoms with van der Waals surface area (Å²) in [5.41, 5.74) is 0. The van der Waals surface area contributed by atoms with Gasteiger partial charge in [-0.15, -0.1) is 0 Å². The van der Waals surface area contributed by atoms with Crippen LogP contribution in [0.15, 0.2) is 49.8 Å². The van der Waals surface area contributed by atoms with Crippen LogP contribution in [0.2, 0.25) is 0 Å². The summed E-state index contributed by atoms with van der Waals surface area (Å²) in [5.74, 6) is -0.569. The second-order valence-electron chi connectivity index (χ2n) is 4.42. The molecule has 96 valence electrons. The molecule has 1 fully saturated rings. The largest absolute Gasteiger partial charge is 0.327 e. The topological polar surface area (TPSA) is 78.4 Å². The van der Waals surface area contributed by atoms with E-state index < -0.39 is 5.79 Å². The lowest BCUT2D eigenvalue weighted by Crippen LogP contribution is -2.70. The van der Waals surface area contributed by atoms with Crippen molar-refractivity contribution in [3.05, 3.63) is 49.8 Å². The van der Waals surface area contributed by atoms with Gasteiger partial charge in [-0.3, -0.25) is 5.32 Å². The van der Waals surface area contributed by atoms with Crippen molar-refractivity contribution in [1.82, 2.24) is 39.4 Å². The summed E-state index contributed by atoms with van der Waals surface area (Å²) < 4.78 is 5.70. The van der Waals surface area contributed by atoms with E-state index >= 15 is 0 Å². The molecule has 1 aliphatic heterocycles. The van der Waals surface area contributed by atoms with Gasteiger partial charge in [-0.25, -0.2) is 19.3 Å². The normalized spacial score (nSPS) is 26.2. The molecule has 0 radical (unpaired) electrons. The van der Waals surface area contributed by atoms with Crippen molar-refractivity contribution in [2.45, 2.75) is 11.8 Å². The van der Waals surface area contributed by atoms with E-state index in [1.807, 2.05) is 23.1 Å². The molecule has 0 aliphatic carbocycles. The van der Waals surface area contributed by atoms with E-state index in [0.29, 0.717) is 0 Å². The average Bonchev–Trinajstić information content (AvgIpc) is 3.12. The van der Waals surface area contributed by atoms with Crippen molar-refractivity contribution in [2.24, 2.45) is 0 Å². The van der Waals surface area contributed by atoms with Gasteiger partial charge in [0.1, 0.15) is 18.7 Å². The van der Waals surface area contributed by atoms with Crippen molar-refractivity contribution in [1.29, 1.82) is 0 Å². The molecule has 3 aromatic heterocycles. The molecular weight excluding hydrogens is 244 g/mol. The van der Waals surface area contributed by atoms with Crippen LogP contribution in [0, 0.1) is 0 Å². The van der Waals surface area contributed by atoms with Crippen LogP contribution in [-0.2, 0) is 5.79 Å². The second-order valence-corrected chi connectivity index (χ2v) is 4.42. The Morgan fingerprint density at radius 3 is 2.63 bits per heavy atom. The Morgan fingerprint density at radius 2 is 2.05 bits per heavy atom.